The van der Waals surface area contributed by atoms with E-state index in [2.05, 4.69) is 15.3 Å². The number of rotatable bonds is 4. The van der Waals surface area contributed by atoms with Gasteiger partial charge in [-0.15, -0.1) is 0 Å². The molecule has 3 rings (SSSR count). The topological polar surface area (TPSA) is 75.1 Å². The second-order valence-electron chi connectivity index (χ2n) is 4.59. The van der Waals surface area contributed by atoms with Crippen LogP contribution in [0.15, 0.2) is 55.0 Å². The van der Waals surface area contributed by atoms with E-state index in [1.165, 1.54) is 6.20 Å². The van der Waals surface area contributed by atoms with Crippen molar-refractivity contribution in [1.82, 2.24) is 9.97 Å². The fourth-order valence-corrected chi connectivity index (χ4v) is 2.19. The van der Waals surface area contributed by atoms with Gasteiger partial charge in [-0.2, -0.15) is 0 Å². The summed E-state index contributed by atoms with van der Waals surface area (Å²) < 4.78 is 0. The average molecular weight is 279 g/mol. The Labute approximate surface area is 121 Å². The highest BCUT2D eigenvalue weighted by molar-refractivity contribution is 6.06. The van der Waals surface area contributed by atoms with Crippen LogP contribution < -0.4 is 5.32 Å². The van der Waals surface area contributed by atoms with Gasteiger partial charge >= 0.3 is 5.97 Å². The zero-order chi connectivity index (χ0) is 14.7. The summed E-state index contributed by atoms with van der Waals surface area (Å²) in [7, 11) is 0. The number of carbonyl (C=O) groups is 1. The predicted octanol–water partition coefficient (Wildman–Crippen LogP) is 2.94. The molecule has 21 heavy (non-hydrogen) atoms. The van der Waals surface area contributed by atoms with Crippen LogP contribution in [0, 0.1) is 0 Å². The van der Waals surface area contributed by atoms with Crippen LogP contribution in [0.4, 0.5) is 5.82 Å². The molecule has 0 saturated heterocycles. The van der Waals surface area contributed by atoms with Crippen molar-refractivity contribution in [2.75, 3.05) is 5.32 Å². The molecule has 2 heterocycles. The Kier molecular flexibility index (Phi) is 3.47. The molecule has 5 nitrogen and oxygen atoms in total. The van der Waals surface area contributed by atoms with Crippen molar-refractivity contribution >= 4 is 22.6 Å². The van der Waals surface area contributed by atoms with E-state index in [9.17, 15) is 9.90 Å². The second-order valence-corrected chi connectivity index (χ2v) is 4.59. The fourth-order valence-electron chi connectivity index (χ4n) is 2.19. The highest BCUT2D eigenvalue weighted by atomic mass is 16.4. The Morgan fingerprint density at radius 2 is 1.90 bits per heavy atom. The van der Waals surface area contributed by atoms with Gasteiger partial charge in [0, 0.05) is 35.9 Å². The minimum Gasteiger partial charge on any atom is -0.478 e. The highest BCUT2D eigenvalue weighted by Crippen LogP contribution is 2.24. The molecule has 0 atom stereocenters. The van der Waals surface area contributed by atoms with Gasteiger partial charge in [0.15, 0.2) is 0 Å². The van der Waals surface area contributed by atoms with E-state index in [0.29, 0.717) is 17.7 Å². The van der Waals surface area contributed by atoms with Gasteiger partial charge < -0.3 is 10.4 Å². The Bertz CT molecular complexity index is 788. The summed E-state index contributed by atoms with van der Waals surface area (Å²) in [5.41, 5.74) is 1.24. The number of fused-ring (bicyclic) bond motifs is 1. The molecule has 2 aromatic heterocycles. The summed E-state index contributed by atoms with van der Waals surface area (Å²) in [6.07, 6.45) is 4.88. The molecule has 0 radical (unpaired) electrons. The van der Waals surface area contributed by atoms with E-state index in [1.54, 1.807) is 18.5 Å². The van der Waals surface area contributed by atoms with Crippen molar-refractivity contribution in [3.05, 3.63) is 66.1 Å². The Hall–Kier alpha value is -2.95. The molecule has 3 aromatic rings. The second kappa shape index (κ2) is 5.58. The average Bonchev–Trinajstić information content (AvgIpc) is 2.53. The molecule has 0 aliphatic rings. The number of anilines is 1. The number of nitrogens with one attached hydrogen (secondary N) is 1. The third kappa shape index (κ3) is 2.67. The van der Waals surface area contributed by atoms with Crippen LogP contribution in [0.25, 0.3) is 10.8 Å². The van der Waals surface area contributed by atoms with Gasteiger partial charge in [0.25, 0.3) is 0 Å². The number of pyridine rings is 2. The van der Waals surface area contributed by atoms with Gasteiger partial charge in [-0.1, -0.05) is 30.3 Å². The van der Waals surface area contributed by atoms with E-state index in [-0.39, 0.29) is 5.56 Å². The van der Waals surface area contributed by atoms with Crippen LogP contribution in [0.5, 0.6) is 0 Å². The summed E-state index contributed by atoms with van der Waals surface area (Å²) in [5.74, 6) is -0.308. The first-order valence-electron chi connectivity index (χ1n) is 6.49. The molecule has 0 unspecified atom stereocenters. The lowest BCUT2D eigenvalue weighted by Crippen LogP contribution is -2.05. The lowest BCUT2D eigenvalue weighted by molar-refractivity contribution is 0.0698. The normalized spacial score (nSPS) is 10.5. The molecule has 0 bridgehead atoms. The minimum absolute atomic E-state index is 0.206. The van der Waals surface area contributed by atoms with Crippen LogP contribution in [0.2, 0.25) is 0 Å². The summed E-state index contributed by atoms with van der Waals surface area (Å²) in [6, 6.07) is 11.2. The van der Waals surface area contributed by atoms with Gasteiger partial charge in [0.2, 0.25) is 0 Å². The summed E-state index contributed by atoms with van der Waals surface area (Å²) >= 11 is 0. The number of benzene rings is 1. The lowest BCUT2D eigenvalue weighted by atomic mass is 10.1. The molecule has 0 aliphatic heterocycles. The van der Waals surface area contributed by atoms with Crippen molar-refractivity contribution in [1.29, 1.82) is 0 Å². The summed E-state index contributed by atoms with van der Waals surface area (Å²) in [5, 5.41) is 13.9. The highest BCUT2D eigenvalue weighted by Gasteiger charge is 2.11. The van der Waals surface area contributed by atoms with Gasteiger partial charge in [0.05, 0.1) is 5.56 Å². The van der Waals surface area contributed by atoms with Crippen LogP contribution in [-0.4, -0.2) is 21.0 Å². The third-order valence-electron chi connectivity index (χ3n) is 3.21. The number of hydrogen-bond acceptors (Lipinski definition) is 4. The first-order chi connectivity index (χ1) is 10.3. The molecule has 0 saturated carbocycles. The van der Waals surface area contributed by atoms with Crippen molar-refractivity contribution in [2.24, 2.45) is 0 Å². The fraction of sp³-hybridized carbons (Fsp3) is 0.0625. The first kappa shape index (κ1) is 13.1. The SMILES string of the molecule is O=C(O)c1cnc(NCc2cccnc2)c2ccccc12. The van der Waals surface area contributed by atoms with Crippen molar-refractivity contribution in [2.45, 2.75) is 6.54 Å². The molecule has 2 N–H and O–H groups in total. The molecular formula is C16H13N3O2. The van der Waals surface area contributed by atoms with E-state index in [0.717, 1.165) is 10.9 Å². The van der Waals surface area contributed by atoms with Crippen molar-refractivity contribution in [3.8, 4) is 0 Å². The molecule has 0 aliphatic carbocycles. The molecule has 0 amide bonds. The smallest absolute Gasteiger partial charge is 0.337 e. The molecule has 0 spiro atoms. The minimum atomic E-state index is -0.975. The zero-order valence-electron chi connectivity index (χ0n) is 11.2. The summed E-state index contributed by atoms with van der Waals surface area (Å²) in [4.78, 5) is 19.5. The Balaban J connectivity index is 1.96. The number of aromatic nitrogens is 2. The monoisotopic (exact) mass is 279 g/mol. The van der Waals surface area contributed by atoms with Crippen molar-refractivity contribution in [3.63, 3.8) is 0 Å². The van der Waals surface area contributed by atoms with Crippen LogP contribution in [0.1, 0.15) is 15.9 Å². The maximum Gasteiger partial charge on any atom is 0.337 e. The third-order valence-corrected chi connectivity index (χ3v) is 3.21. The largest absolute Gasteiger partial charge is 0.478 e. The number of hydrogen-bond donors (Lipinski definition) is 2. The van der Waals surface area contributed by atoms with Gasteiger partial charge in [-0.05, 0) is 11.6 Å². The zero-order valence-corrected chi connectivity index (χ0v) is 11.2. The van der Waals surface area contributed by atoms with E-state index < -0.39 is 5.97 Å². The first-order valence-corrected chi connectivity index (χ1v) is 6.49. The summed E-state index contributed by atoms with van der Waals surface area (Å²) in [6.45, 7) is 0.581. The lowest BCUT2D eigenvalue weighted by Gasteiger charge is -2.10. The van der Waals surface area contributed by atoms with E-state index in [4.69, 9.17) is 0 Å². The van der Waals surface area contributed by atoms with E-state index >= 15 is 0 Å². The maximum atomic E-state index is 11.2. The van der Waals surface area contributed by atoms with Gasteiger partial charge in [-0.3, -0.25) is 4.98 Å². The molecular weight excluding hydrogens is 266 g/mol. The van der Waals surface area contributed by atoms with Gasteiger partial charge in [-0.25, -0.2) is 9.78 Å². The number of nitrogens with zero attached hydrogens (tertiary/aromatic N) is 2. The molecule has 104 valence electrons. The number of aromatic carboxylic acids is 1. The van der Waals surface area contributed by atoms with Crippen LogP contribution >= 0.6 is 0 Å². The molecule has 1 aromatic carbocycles. The standard InChI is InChI=1S/C16H13N3O2/c20-16(21)14-10-19-15(13-6-2-1-5-12(13)14)18-9-11-4-3-7-17-8-11/h1-8,10H,9H2,(H,18,19)(H,20,21). The van der Waals surface area contributed by atoms with E-state index in [1.807, 2.05) is 30.3 Å². The van der Waals surface area contributed by atoms with Crippen LogP contribution in [-0.2, 0) is 6.54 Å². The number of carboxylic acid groups (broad SMARTS) is 1. The quantitative estimate of drug-likeness (QED) is 0.768. The van der Waals surface area contributed by atoms with Gasteiger partial charge in [0.1, 0.15) is 5.82 Å². The maximum absolute atomic E-state index is 11.2. The Morgan fingerprint density at radius 3 is 2.62 bits per heavy atom. The molecule has 5 heteroatoms. The predicted molar refractivity (Wildman–Crippen MR) is 80.3 cm³/mol. The van der Waals surface area contributed by atoms with Crippen molar-refractivity contribution < 1.29 is 9.90 Å². The van der Waals surface area contributed by atoms with Crippen LogP contribution in [0.3, 0.4) is 0 Å². The molecule has 0 fully saturated rings. The number of carboxylic acids is 1. The Morgan fingerprint density at radius 1 is 1.10 bits per heavy atom.